The number of aliphatic hydroxyl groups is 2. The molecule has 1 unspecified atom stereocenters. The number of carbonyl (C=O) groups excluding carboxylic acids is 1. The maximum absolute atomic E-state index is 12.6. The molecule has 0 bridgehead atoms. The van der Waals surface area contributed by atoms with Crippen molar-refractivity contribution in [3.05, 3.63) is 34.2 Å². The number of amides is 1. The molecule has 2 atom stereocenters. The van der Waals surface area contributed by atoms with Crippen LogP contribution in [0.15, 0.2) is 17.5 Å². The number of nitrogens with two attached hydrogens (primary N) is 2. The molecule has 0 radical (unpaired) electrons. The molecular formula is C19H29N3O5S. The molecule has 2 rings (SSSR count). The van der Waals surface area contributed by atoms with E-state index in [0.29, 0.717) is 31.7 Å². The summed E-state index contributed by atoms with van der Waals surface area (Å²) in [5.41, 5.74) is 13.1. The van der Waals surface area contributed by atoms with Crippen LogP contribution in [0.1, 0.15) is 29.5 Å². The Hall–Kier alpha value is -1.62. The van der Waals surface area contributed by atoms with Gasteiger partial charge in [-0.2, -0.15) is 0 Å². The highest BCUT2D eigenvalue weighted by molar-refractivity contribution is 7.92. The van der Waals surface area contributed by atoms with Crippen LogP contribution in [0.4, 0.5) is 0 Å². The molecule has 1 aliphatic rings. The molecule has 8 nitrogen and oxygen atoms in total. The number of primary amides is 1. The summed E-state index contributed by atoms with van der Waals surface area (Å²) in [5.74, 6) is 0.0797. The van der Waals surface area contributed by atoms with Crippen LogP contribution in [0.25, 0.3) is 6.08 Å². The molecule has 0 saturated carbocycles. The SMILES string of the molecule is Cc1cc(OC[C@H](O)CO)cc(C)c1/C=C/[S+]([O-])N1CCC(N)(C(N)=O)CC1. The first kappa shape index (κ1) is 22.7. The lowest BCUT2D eigenvalue weighted by molar-refractivity contribution is -0.124. The highest BCUT2D eigenvalue weighted by atomic mass is 32.2. The molecule has 0 spiro atoms. The molecule has 1 aliphatic heterocycles. The monoisotopic (exact) mass is 411 g/mol. The molecule has 6 N–H and O–H groups in total. The van der Waals surface area contributed by atoms with E-state index in [2.05, 4.69) is 0 Å². The first-order chi connectivity index (χ1) is 13.2. The van der Waals surface area contributed by atoms with E-state index in [0.717, 1.165) is 16.7 Å². The zero-order valence-electron chi connectivity index (χ0n) is 16.3. The van der Waals surface area contributed by atoms with Gasteiger partial charge in [0.2, 0.25) is 5.91 Å². The lowest BCUT2D eigenvalue weighted by atomic mass is 9.89. The van der Waals surface area contributed by atoms with E-state index in [4.69, 9.17) is 21.3 Å². The maximum Gasteiger partial charge on any atom is 0.237 e. The predicted molar refractivity (Wildman–Crippen MR) is 109 cm³/mol. The van der Waals surface area contributed by atoms with Crippen LogP contribution in [0.2, 0.25) is 0 Å². The van der Waals surface area contributed by atoms with Gasteiger partial charge in [0.1, 0.15) is 23.9 Å². The standard InChI is InChI=1S/C19H29N3O5S/c1-13-9-16(27-12-15(24)11-23)10-14(2)17(13)3-8-28(26)22-6-4-19(21,5-7-22)18(20)25/h3,8-10,15,23-24H,4-7,11-12,21H2,1-2H3,(H2,20,25)/b8-3+/t15-,28?/m1/s1. The first-order valence-corrected chi connectivity index (χ1v) is 10.3. The summed E-state index contributed by atoms with van der Waals surface area (Å²) in [6.07, 6.45) is 1.65. The normalized spacial score (nSPS) is 19.5. The minimum absolute atomic E-state index is 0.0114. The van der Waals surface area contributed by atoms with Gasteiger partial charge in [-0.25, -0.2) is 0 Å². The molecule has 1 saturated heterocycles. The fraction of sp³-hybridized carbons (Fsp3) is 0.526. The van der Waals surface area contributed by atoms with E-state index in [1.165, 1.54) is 0 Å². The van der Waals surface area contributed by atoms with Gasteiger partial charge < -0.3 is 31.0 Å². The van der Waals surface area contributed by atoms with Crippen LogP contribution in [0, 0.1) is 13.8 Å². The summed E-state index contributed by atoms with van der Waals surface area (Å²) < 4.78 is 19.8. The van der Waals surface area contributed by atoms with Crippen LogP contribution in [-0.4, -0.2) is 62.9 Å². The lowest BCUT2D eigenvalue weighted by Gasteiger charge is -2.35. The minimum Gasteiger partial charge on any atom is -0.593 e. The van der Waals surface area contributed by atoms with E-state index in [-0.39, 0.29) is 13.2 Å². The highest BCUT2D eigenvalue weighted by Gasteiger charge is 2.38. The van der Waals surface area contributed by atoms with Crippen LogP contribution in [-0.2, 0) is 16.2 Å². The number of hydrogen-bond donors (Lipinski definition) is 4. The Labute approximate surface area is 168 Å². The summed E-state index contributed by atoms with van der Waals surface area (Å²) >= 11 is -1.33. The number of carbonyl (C=O) groups is 1. The fourth-order valence-electron chi connectivity index (χ4n) is 3.05. The van der Waals surface area contributed by atoms with Gasteiger partial charge >= 0.3 is 0 Å². The Morgan fingerprint density at radius 3 is 2.46 bits per heavy atom. The maximum atomic E-state index is 12.6. The average molecular weight is 412 g/mol. The molecule has 9 heteroatoms. The summed E-state index contributed by atoms with van der Waals surface area (Å²) in [5, 5.41) is 19.9. The van der Waals surface area contributed by atoms with Crippen molar-refractivity contribution >= 4 is 23.3 Å². The Balaban J connectivity index is 2.00. The topological polar surface area (TPSA) is 145 Å². The van der Waals surface area contributed by atoms with E-state index in [9.17, 15) is 14.5 Å². The number of aliphatic hydroxyl groups excluding tert-OH is 2. The molecule has 0 aromatic heterocycles. The van der Waals surface area contributed by atoms with Gasteiger partial charge in [0.05, 0.1) is 23.5 Å². The van der Waals surface area contributed by atoms with E-state index in [1.807, 2.05) is 32.1 Å². The molecule has 1 fully saturated rings. The van der Waals surface area contributed by atoms with Crippen molar-refractivity contribution in [2.75, 3.05) is 26.3 Å². The van der Waals surface area contributed by atoms with Gasteiger partial charge in [0, 0.05) is 13.1 Å². The zero-order valence-corrected chi connectivity index (χ0v) is 17.1. The number of hydrogen-bond acceptors (Lipinski definition) is 7. The van der Waals surface area contributed by atoms with Crippen molar-refractivity contribution in [1.82, 2.24) is 4.31 Å². The second-order valence-electron chi connectivity index (χ2n) is 7.15. The number of aryl methyl sites for hydroxylation is 2. The van der Waals surface area contributed by atoms with Crippen molar-refractivity contribution < 1.29 is 24.3 Å². The number of rotatable bonds is 8. The van der Waals surface area contributed by atoms with E-state index < -0.39 is 28.9 Å². The van der Waals surface area contributed by atoms with Crippen molar-refractivity contribution in [3.63, 3.8) is 0 Å². The van der Waals surface area contributed by atoms with Crippen molar-refractivity contribution in [2.45, 2.75) is 38.3 Å². The zero-order chi connectivity index (χ0) is 20.9. The Bertz CT molecular complexity index is 697. The molecular weight excluding hydrogens is 382 g/mol. The van der Waals surface area contributed by atoms with Gasteiger partial charge in [0.15, 0.2) is 0 Å². The third kappa shape index (κ3) is 5.69. The quantitative estimate of drug-likeness (QED) is 0.439. The van der Waals surface area contributed by atoms with Crippen LogP contribution in [0.5, 0.6) is 5.75 Å². The summed E-state index contributed by atoms with van der Waals surface area (Å²) in [6.45, 7) is 4.37. The van der Waals surface area contributed by atoms with Crippen molar-refractivity contribution in [1.29, 1.82) is 0 Å². The molecule has 1 aromatic rings. The van der Waals surface area contributed by atoms with Gasteiger partial charge in [-0.05, 0) is 61.6 Å². The smallest absolute Gasteiger partial charge is 0.237 e. The number of nitrogens with zero attached hydrogens (tertiary/aromatic N) is 1. The third-order valence-corrected chi connectivity index (χ3v) is 6.17. The largest absolute Gasteiger partial charge is 0.593 e. The molecule has 0 aliphatic carbocycles. The predicted octanol–water partition coefficient (Wildman–Crippen LogP) is -0.0516. The minimum atomic E-state index is -1.33. The Kier molecular flexibility index (Phi) is 7.87. The van der Waals surface area contributed by atoms with Gasteiger partial charge in [-0.3, -0.25) is 4.79 Å². The van der Waals surface area contributed by atoms with Gasteiger partial charge in [-0.15, -0.1) is 4.31 Å². The highest BCUT2D eigenvalue weighted by Crippen LogP contribution is 2.25. The van der Waals surface area contributed by atoms with Crippen LogP contribution < -0.4 is 16.2 Å². The van der Waals surface area contributed by atoms with Crippen LogP contribution >= 0.6 is 0 Å². The van der Waals surface area contributed by atoms with Crippen LogP contribution in [0.3, 0.4) is 0 Å². The molecule has 1 aromatic carbocycles. The fourth-order valence-corrected chi connectivity index (χ4v) is 4.02. The first-order valence-electron chi connectivity index (χ1n) is 9.12. The van der Waals surface area contributed by atoms with Gasteiger partial charge in [0.25, 0.3) is 0 Å². The summed E-state index contributed by atoms with van der Waals surface area (Å²) in [4.78, 5) is 11.4. The second kappa shape index (κ2) is 9.73. The Morgan fingerprint density at radius 2 is 1.96 bits per heavy atom. The lowest BCUT2D eigenvalue weighted by Crippen LogP contribution is -2.58. The summed E-state index contributed by atoms with van der Waals surface area (Å²) in [7, 11) is 0. The van der Waals surface area contributed by atoms with Crippen molar-refractivity contribution in [3.8, 4) is 5.75 Å². The second-order valence-corrected chi connectivity index (χ2v) is 8.49. The third-order valence-electron chi connectivity index (χ3n) is 4.93. The molecule has 156 valence electrons. The average Bonchev–Trinajstić information content (AvgIpc) is 2.65. The van der Waals surface area contributed by atoms with E-state index >= 15 is 0 Å². The number of benzene rings is 1. The van der Waals surface area contributed by atoms with Gasteiger partial charge in [-0.1, -0.05) is 0 Å². The molecule has 1 amide bonds. The Morgan fingerprint density at radius 1 is 1.39 bits per heavy atom. The van der Waals surface area contributed by atoms with Crippen molar-refractivity contribution in [2.24, 2.45) is 11.5 Å². The number of ether oxygens (including phenoxy) is 1. The van der Waals surface area contributed by atoms with E-state index in [1.54, 1.807) is 9.71 Å². The summed E-state index contributed by atoms with van der Waals surface area (Å²) in [6, 6.07) is 3.66. The number of piperidine rings is 1. The molecule has 1 heterocycles. The molecule has 28 heavy (non-hydrogen) atoms.